The van der Waals surface area contributed by atoms with Gasteiger partial charge in [0.25, 0.3) is 0 Å². The number of fused-ring (bicyclic) bond motifs is 1. The zero-order chi connectivity index (χ0) is 19.1. The van der Waals surface area contributed by atoms with Crippen LogP contribution < -0.4 is 16.0 Å². The molecule has 0 aliphatic carbocycles. The van der Waals surface area contributed by atoms with Crippen LogP contribution in [-0.4, -0.2) is 27.8 Å². The maximum absolute atomic E-state index is 5.26. The third-order valence-electron chi connectivity index (χ3n) is 3.71. The van der Waals surface area contributed by atoms with Gasteiger partial charge < -0.3 is 14.9 Å². The summed E-state index contributed by atoms with van der Waals surface area (Å²) >= 11 is 0. The van der Waals surface area contributed by atoms with Crippen molar-refractivity contribution in [3.05, 3.63) is 42.0 Å². The van der Waals surface area contributed by atoms with Crippen LogP contribution in [0, 0.1) is 5.92 Å². The van der Waals surface area contributed by atoms with Gasteiger partial charge in [0.1, 0.15) is 5.75 Å². The quantitative estimate of drug-likeness (QED) is 0.752. The first-order chi connectivity index (χ1) is 12.1. The summed E-state index contributed by atoms with van der Waals surface area (Å²) in [5.41, 5.74) is 1.42. The number of hydrogen-bond acceptors (Lipinski definition) is 4. The van der Waals surface area contributed by atoms with Crippen molar-refractivity contribution in [1.29, 1.82) is 0 Å². The van der Waals surface area contributed by atoms with E-state index >= 15 is 0 Å². The summed E-state index contributed by atoms with van der Waals surface area (Å²) < 4.78 is 5.26. The van der Waals surface area contributed by atoms with Gasteiger partial charge in [0, 0.05) is 0 Å². The van der Waals surface area contributed by atoms with Crippen LogP contribution in [0.1, 0.15) is 39.2 Å². The number of methoxy groups -OCH3 is 1. The summed E-state index contributed by atoms with van der Waals surface area (Å²) in [6.07, 6.45) is 3.60. The average molecular weight is 349 g/mol. The van der Waals surface area contributed by atoms with E-state index in [2.05, 4.69) is 67.2 Å². The average Bonchev–Trinajstić information content (AvgIpc) is 2.62. The minimum Gasteiger partial charge on any atom is -0.497 e. The molecule has 0 radical (unpaired) electrons. The van der Waals surface area contributed by atoms with Gasteiger partial charge in [-0.1, -0.05) is 57.9 Å². The third kappa shape index (κ3) is 9.44. The Balaban J connectivity index is 0.000000844. The Labute approximate surface area is 153 Å². The lowest BCUT2D eigenvalue weighted by molar-refractivity contribution is 0.206. The molecular weight excluding hydrogens is 312 g/mol. The molecule has 0 aromatic heterocycles. The third-order valence-corrected chi connectivity index (χ3v) is 3.71. The van der Waals surface area contributed by atoms with Gasteiger partial charge in [0.05, 0.1) is 14.2 Å². The zero-order valence-corrected chi connectivity index (χ0v) is 16.8. The lowest BCUT2D eigenvalue weighted by atomic mass is 9.95. The van der Waals surface area contributed by atoms with Crippen LogP contribution >= 0.6 is 0 Å². The van der Waals surface area contributed by atoms with Gasteiger partial charge in [-0.2, -0.15) is 0 Å². The molecule has 142 valence electrons. The van der Waals surface area contributed by atoms with Crippen LogP contribution in [0.5, 0.6) is 5.75 Å². The van der Waals surface area contributed by atoms with Crippen LogP contribution in [-0.2, 0) is 11.3 Å². The summed E-state index contributed by atoms with van der Waals surface area (Å²) in [5.74, 6) is 5.97. The van der Waals surface area contributed by atoms with E-state index in [0.29, 0.717) is 5.92 Å². The molecule has 0 bridgehead atoms. The Morgan fingerprint density at radius 2 is 1.56 bits per heavy atom. The standard InChI is InChI=1S/C17H23NO.C3H8.CH5NO/c1-4-13(12-18-2)9-14-5-6-16-11-17(19-3)8-7-15(16)10-14;2*1-3-2/h5-8,10-11,13,18H,4,9,12H2,1-3H3;3H2,1-2H3;2H2,1H3. The highest BCUT2D eigenvalue weighted by Gasteiger charge is 2.07. The smallest absolute Gasteiger partial charge is 0.119 e. The number of ether oxygens (including phenoxy) is 1. The van der Waals surface area contributed by atoms with Crippen molar-refractivity contribution in [2.24, 2.45) is 11.8 Å². The Kier molecular flexibility index (Phi) is 13.7. The van der Waals surface area contributed by atoms with Gasteiger partial charge in [-0.3, -0.25) is 0 Å². The molecule has 0 aliphatic heterocycles. The first-order valence-corrected chi connectivity index (χ1v) is 9.04. The monoisotopic (exact) mass is 348 g/mol. The number of benzene rings is 2. The maximum Gasteiger partial charge on any atom is 0.119 e. The van der Waals surface area contributed by atoms with Crippen LogP contribution in [0.4, 0.5) is 0 Å². The van der Waals surface area contributed by atoms with Gasteiger partial charge >= 0.3 is 0 Å². The fourth-order valence-electron chi connectivity index (χ4n) is 2.51. The molecule has 0 aliphatic rings. The highest BCUT2D eigenvalue weighted by atomic mass is 16.6. The fourth-order valence-corrected chi connectivity index (χ4v) is 2.51. The van der Waals surface area contributed by atoms with Crippen LogP contribution in [0.15, 0.2) is 36.4 Å². The molecule has 25 heavy (non-hydrogen) atoms. The van der Waals surface area contributed by atoms with E-state index in [4.69, 9.17) is 4.74 Å². The second kappa shape index (κ2) is 14.7. The number of nitrogens with two attached hydrogens (primary N) is 1. The first kappa shape index (κ1) is 23.4. The molecule has 0 saturated carbocycles. The lowest BCUT2D eigenvalue weighted by Crippen LogP contribution is -2.20. The summed E-state index contributed by atoms with van der Waals surface area (Å²) in [5, 5.41) is 5.80. The highest BCUT2D eigenvalue weighted by Crippen LogP contribution is 2.23. The molecule has 3 N–H and O–H groups in total. The normalized spacial score (nSPS) is 11.0. The van der Waals surface area contributed by atoms with Crippen molar-refractivity contribution in [1.82, 2.24) is 5.32 Å². The molecule has 0 amide bonds. The second-order valence-electron chi connectivity index (χ2n) is 6.03. The van der Waals surface area contributed by atoms with Crippen molar-refractivity contribution < 1.29 is 9.57 Å². The molecule has 2 aromatic rings. The Hall–Kier alpha value is -1.62. The Morgan fingerprint density at radius 3 is 2.08 bits per heavy atom. The van der Waals surface area contributed by atoms with Crippen molar-refractivity contribution in [2.45, 2.75) is 40.0 Å². The predicted octanol–water partition coefficient (Wildman–Crippen LogP) is 4.56. The van der Waals surface area contributed by atoms with Gasteiger partial charge in [-0.25, -0.2) is 5.90 Å². The van der Waals surface area contributed by atoms with E-state index in [0.717, 1.165) is 18.7 Å². The van der Waals surface area contributed by atoms with Crippen LogP contribution in [0.2, 0.25) is 0 Å². The number of hydrogen-bond donors (Lipinski definition) is 2. The molecule has 4 nitrogen and oxygen atoms in total. The van der Waals surface area contributed by atoms with E-state index in [9.17, 15) is 0 Å². The minimum atomic E-state index is 0.709. The van der Waals surface area contributed by atoms with E-state index in [1.165, 1.54) is 36.3 Å². The maximum atomic E-state index is 5.26. The topological polar surface area (TPSA) is 56.5 Å². The Bertz CT molecular complexity index is 571. The molecule has 0 saturated heterocycles. The van der Waals surface area contributed by atoms with Crippen molar-refractivity contribution >= 4 is 10.8 Å². The van der Waals surface area contributed by atoms with E-state index < -0.39 is 0 Å². The first-order valence-electron chi connectivity index (χ1n) is 9.04. The highest BCUT2D eigenvalue weighted by molar-refractivity contribution is 5.84. The predicted molar refractivity (Wildman–Crippen MR) is 109 cm³/mol. The van der Waals surface area contributed by atoms with Gasteiger partial charge in [0.2, 0.25) is 0 Å². The van der Waals surface area contributed by atoms with E-state index in [-0.39, 0.29) is 0 Å². The van der Waals surface area contributed by atoms with Crippen molar-refractivity contribution in [3.63, 3.8) is 0 Å². The number of rotatable bonds is 6. The van der Waals surface area contributed by atoms with E-state index in [1.807, 2.05) is 13.1 Å². The summed E-state index contributed by atoms with van der Waals surface area (Å²) in [6, 6.07) is 13.0. The van der Waals surface area contributed by atoms with Crippen LogP contribution in [0.25, 0.3) is 10.8 Å². The lowest BCUT2D eigenvalue weighted by Gasteiger charge is -2.14. The molecule has 1 unspecified atom stereocenters. The van der Waals surface area contributed by atoms with Crippen molar-refractivity contribution in [2.75, 3.05) is 27.8 Å². The van der Waals surface area contributed by atoms with E-state index in [1.54, 1.807) is 7.11 Å². The summed E-state index contributed by atoms with van der Waals surface area (Å²) in [4.78, 5) is 3.75. The largest absolute Gasteiger partial charge is 0.497 e. The van der Waals surface area contributed by atoms with Crippen molar-refractivity contribution in [3.8, 4) is 5.75 Å². The summed E-state index contributed by atoms with van der Waals surface area (Å²) in [7, 11) is 5.13. The molecule has 0 fully saturated rings. The fraction of sp³-hybridized carbons (Fsp3) is 0.524. The van der Waals surface area contributed by atoms with Gasteiger partial charge in [-0.05, 0) is 54.4 Å². The molecule has 2 aromatic carbocycles. The number of nitrogens with one attached hydrogen (secondary N) is 1. The SMILES string of the molecule is CCC.CCC(CNC)Cc1ccc2cc(OC)ccc2c1.CON. The molecule has 1 atom stereocenters. The minimum absolute atomic E-state index is 0.709. The zero-order valence-electron chi connectivity index (χ0n) is 16.8. The molecule has 2 rings (SSSR count). The van der Waals surface area contributed by atoms with Gasteiger partial charge in [0.15, 0.2) is 0 Å². The van der Waals surface area contributed by atoms with Gasteiger partial charge in [-0.15, -0.1) is 0 Å². The van der Waals surface area contributed by atoms with Crippen LogP contribution in [0.3, 0.4) is 0 Å². The molecule has 0 heterocycles. The Morgan fingerprint density at radius 1 is 1.00 bits per heavy atom. The second-order valence-corrected chi connectivity index (χ2v) is 6.03. The molecule has 0 spiro atoms. The molecule has 4 heteroatoms. The molecular formula is C21H36N2O2. The summed E-state index contributed by atoms with van der Waals surface area (Å²) in [6.45, 7) is 7.59.